The number of aliphatic hydroxyl groups is 5. The fourth-order valence-electron chi connectivity index (χ4n) is 13.3. The summed E-state index contributed by atoms with van der Waals surface area (Å²) in [5.74, 6) is -2.65. The molecule has 0 aliphatic carbocycles. The van der Waals surface area contributed by atoms with Gasteiger partial charge in [0.1, 0.15) is 45.9 Å². The first-order chi connectivity index (χ1) is 38.3. The number of cyclic esters (lactones) is 1. The minimum absolute atomic E-state index is 0.125. The molecule has 0 unspecified atom stereocenters. The van der Waals surface area contributed by atoms with E-state index in [0.29, 0.717) is 19.5 Å². The fourth-order valence-corrected chi connectivity index (χ4v) is 19.5. The van der Waals surface area contributed by atoms with Crippen molar-refractivity contribution in [1.29, 1.82) is 0 Å². The highest BCUT2D eigenvalue weighted by Crippen LogP contribution is 2.64. The van der Waals surface area contributed by atoms with E-state index < -0.39 is 101 Å². The van der Waals surface area contributed by atoms with Crippen molar-refractivity contribution < 1.29 is 58.7 Å². The predicted octanol–water partition coefficient (Wildman–Crippen LogP) is 9.28. The highest BCUT2D eigenvalue weighted by molar-refractivity contribution is 14.2. The summed E-state index contributed by atoms with van der Waals surface area (Å²) in [6.45, 7) is 19.2. The number of ether oxygens (including phenoxy) is 6. The van der Waals surface area contributed by atoms with E-state index in [0.717, 1.165) is 44.9 Å². The topological polar surface area (TPSA) is 180 Å². The summed E-state index contributed by atoms with van der Waals surface area (Å²) in [4.78, 5) is 17.0. The zero-order valence-electron chi connectivity index (χ0n) is 51.2. The number of nitrogens with zero attached hydrogens (tertiary/aromatic N) is 2. The van der Waals surface area contributed by atoms with E-state index in [4.69, 9.17) is 28.4 Å². The van der Waals surface area contributed by atoms with Crippen molar-refractivity contribution in [2.24, 2.45) is 17.8 Å². The molecule has 0 spiro atoms. The SMILES string of the molecule is CC[C@H]1OC(=O)[C@H](C)[C@@H](O[C@H]2C[C@@](C)(OC)[C@@H](O)[C@H](C)O2)[C@H](C)[C@@H](O[C@@H]2O[C@H](C)C[C@H](N(C)C)[C@H]2O)[C@](C)(O)C[C@@H](C)CN(CCCCCCCCCCc2ccccc2[P+](I)(c2ccccc2)c2ccccc2)[C@H](C)[C@@H](O)[C@]1(C)O. The van der Waals surface area contributed by atoms with Crippen LogP contribution >= 0.6 is 26.9 Å². The van der Waals surface area contributed by atoms with Crippen LogP contribution in [0.5, 0.6) is 0 Å². The molecule has 0 radical (unpaired) electrons. The van der Waals surface area contributed by atoms with Crippen LogP contribution in [-0.4, -0.2) is 166 Å². The molecule has 3 aliphatic heterocycles. The minimum atomic E-state index is -1.86. The molecule has 3 heterocycles. The van der Waals surface area contributed by atoms with Crippen LogP contribution < -0.4 is 15.9 Å². The maximum absolute atomic E-state index is 14.7. The maximum atomic E-state index is 14.7. The first kappa shape index (κ1) is 67.9. The van der Waals surface area contributed by atoms with Crippen molar-refractivity contribution >= 4 is 48.8 Å². The van der Waals surface area contributed by atoms with Crippen molar-refractivity contribution in [1.82, 2.24) is 9.80 Å². The average Bonchev–Trinajstić information content (AvgIpc) is 3.69. The van der Waals surface area contributed by atoms with Gasteiger partial charge in [-0.25, -0.2) is 0 Å². The Balaban J connectivity index is 1.16. The zero-order valence-corrected chi connectivity index (χ0v) is 54.2. The van der Waals surface area contributed by atoms with Gasteiger partial charge in [-0.15, -0.1) is 0 Å². The molecule has 6 rings (SSSR count). The Morgan fingerprint density at radius 1 is 0.753 bits per heavy atom. The van der Waals surface area contributed by atoms with Crippen molar-refractivity contribution in [3.63, 3.8) is 0 Å². The van der Waals surface area contributed by atoms with E-state index in [1.165, 1.54) is 41.4 Å². The van der Waals surface area contributed by atoms with E-state index >= 15 is 0 Å². The van der Waals surface area contributed by atoms with Crippen LogP contribution in [0.3, 0.4) is 0 Å². The molecule has 16 heteroatoms. The van der Waals surface area contributed by atoms with Crippen molar-refractivity contribution in [3.8, 4) is 0 Å². The number of aliphatic hydroxyl groups excluding tert-OH is 3. The average molecular weight is 1260 g/mol. The monoisotopic (exact) mass is 1260 g/mol. The largest absolute Gasteiger partial charge is 0.459 e. The second kappa shape index (κ2) is 30.4. The maximum Gasteiger partial charge on any atom is 0.311 e. The standard InChI is InChI=1S/C65H103IN2O12P/c1-14-54-65(10,74)58(70)47(6)68(38-30-20-18-16-15-17-19-23-31-49-32-28-29-37-53(49)81(66,50-33-24-21-25-34-50)51-35-26-22-27-36-51)42-43(2)40-63(8,73)60(80-62-56(69)52(67(11)12)39-44(3)76-62)45(4)57(46(5)61(72)78-54)79-55-41-64(9,75-13)59(71)48(7)77-55/h21-22,24-29,32-37,43-48,52,54-60,62,69-71,73-74H,14-20,23,30-31,38-42H2,1-13H3/q+1/t43-,44-,45+,46-,47-,48+,52+,54-,55+,56-,57+,58-,59+,60-,62+,63-,64-,65-/m1/s1. The number of esters is 1. The summed E-state index contributed by atoms with van der Waals surface area (Å²) in [6.07, 6.45) is 1.34. The Hall–Kier alpha value is -2.19. The lowest BCUT2D eigenvalue weighted by molar-refractivity contribution is -0.318. The Bertz CT molecular complexity index is 2310. The van der Waals surface area contributed by atoms with E-state index in [2.05, 4.69) is 119 Å². The van der Waals surface area contributed by atoms with Gasteiger partial charge < -0.3 is 58.9 Å². The van der Waals surface area contributed by atoms with Crippen LogP contribution in [0.25, 0.3) is 0 Å². The van der Waals surface area contributed by atoms with Crippen molar-refractivity contribution in [2.45, 2.75) is 243 Å². The van der Waals surface area contributed by atoms with Crippen molar-refractivity contribution in [2.75, 3.05) is 34.3 Å². The van der Waals surface area contributed by atoms with Gasteiger partial charge in [-0.05, 0) is 149 Å². The molecule has 0 amide bonds. The molecule has 3 aliphatic rings. The molecule has 3 fully saturated rings. The third kappa shape index (κ3) is 16.9. The highest BCUT2D eigenvalue weighted by atomic mass is 127. The number of carbonyl (C=O) groups is 1. The molecule has 18 atom stereocenters. The van der Waals surface area contributed by atoms with Crippen LogP contribution in [0.4, 0.5) is 0 Å². The first-order valence-corrected chi connectivity index (χ1v) is 34.9. The molecule has 81 heavy (non-hydrogen) atoms. The molecular weight excluding hydrogens is 1160 g/mol. The molecule has 3 aromatic rings. The van der Waals surface area contributed by atoms with Gasteiger partial charge in [0, 0.05) is 38.1 Å². The second-order valence-corrected chi connectivity index (χ2v) is 32.2. The number of unbranched alkanes of at least 4 members (excludes halogenated alkanes) is 7. The lowest BCUT2D eigenvalue weighted by Crippen LogP contribution is -2.60. The molecule has 456 valence electrons. The van der Waals surface area contributed by atoms with E-state index in [1.54, 1.807) is 34.6 Å². The Morgan fingerprint density at radius 2 is 1.32 bits per heavy atom. The molecule has 3 saturated heterocycles. The summed E-state index contributed by atoms with van der Waals surface area (Å²) < 4.78 is 38.5. The normalized spacial score (nSPS) is 36.2. The molecule has 0 aromatic heterocycles. The summed E-state index contributed by atoms with van der Waals surface area (Å²) in [5, 5.41) is 64.9. The van der Waals surface area contributed by atoms with Gasteiger partial charge in [0.15, 0.2) is 39.5 Å². The molecule has 5 N–H and O–H groups in total. The lowest BCUT2D eigenvalue weighted by Gasteiger charge is -2.48. The van der Waals surface area contributed by atoms with Crippen LogP contribution in [-0.2, 0) is 39.6 Å². The van der Waals surface area contributed by atoms with E-state index in [1.807, 2.05) is 46.7 Å². The zero-order chi connectivity index (χ0) is 59.5. The summed E-state index contributed by atoms with van der Waals surface area (Å²) >= 11 is 2.78. The molecule has 0 saturated carbocycles. The van der Waals surface area contributed by atoms with Crippen LogP contribution in [0.2, 0.25) is 0 Å². The Labute approximate surface area is 500 Å². The number of likely N-dealkylation sites (N-methyl/N-ethyl adjacent to an activating group) is 1. The number of aryl methyl sites for hydroxylation is 1. The smallest absolute Gasteiger partial charge is 0.311 e. The third-order valence-electron chi connectivity index (χ3n) is 18.2. The fraction of sp³-hybridized carbons (Fsp3) is 0.708. The number of hydrogen-bond donors (Lipinski definition) is 5. The number of halogens is 1. The van der Waals surface area contributed by atoms with Gasteiger partial charge in [0.2, 0.25) is 0 Å². The Morgan fingerprint density at radius 3 is 1.90 bits per heavy atom. The van der Waals surface area contributed by atoms with Crippen LogP contribution in [0.15, 0.2) is 84.9 Å². The molecule has 0 bridgehead atoms. The summed E-state index contributed by atoms with van der Waals surface area (Å²) in [7, 11) is 5.34. The van der Waals surface area contributed by atoms with Crippen molar-refractivity contribution in [3.05, 3.63) is 90.5 Å². The molecule has 14 nitrogen and oxygen atoms in total. The number of rotatable bonds is 21. The van der Waals surface area contributed by atoms with Gasteiger partial charge in [-0.1, -0.05) is 114 Å². The van der Waals surface area contributed by atoms with Gasteiger partial charge in [0.25, 0.3) is 0 Å². The second-order valence-electron chi connectivity index (χ2n) is 25.2. The minimum Gasteiger partial charge on any atom is -0.459 e. The van der Waals surface area contributed by atoms with Gasteiger partial charge >= 0.3 is 5.97 Å². The quantitative estimate of drug-likeness (QED) is 0.0295. The number of methoxy groups -OCH3 is 1. The molecule has 3 aromatic carbocycles. The summed E-state index contributed by atoms with van der Waals surface area (Å²) in [5.41, 5.74) is -3.04. The number of carbonyl (C=O) groups excluding carboxylic acids is 1. The van der Waals surface area contributed by atoms with E-state index in [9.17, 15) is 30.3 Å². The van der Waals surface area contributed by atoms with E-state index in [-0.39, 0.29) is 37.3 Å². The van der Waals surface area contributed by atoms with Gasteiger partial charge in [-0.3, -0.25) is 9.69 Å². The first-order valence-electron chi connectivity index (χ1n) is 30.4. The lowest BCUT2D eigenvalue weighted by atomic mass is 9.77. The van der Waals surface area contributed by atoms with Crippen LogP contribution in [0.1, 0.15) is 152 Å². The number of benzene rings is 3. The highest BCUT2D eigenvalue weighted by Gasteiger charge is 2.53. The van der Waals surface area contributed by atoms with Gasteiger partial charge in [0.05, 0.1) is 41.5 Å². The summed E-state index contributed by atoms with van der Waals surface area (Å²) in [6, 6.07) is 30.2. The van der Waals surface area contributed by atoms with Gasteiger partial charge in [-0.2, -0.15) is 0 Å². The Kier molecular flexibility index (Phi) is 25.5. The third-order valence-corrected chi connectivity index (χ3v) is 26.2. The number of hydrogen-bond acceptors (Lipinski definition) is 14. The molecular formula is C65H103IN2O12P+. The predicted molar refractivity (Wildman–Crippen MR) is 333 cm³/mol. The van der Waals surface area contributed by atoms with Crippen LogP contribution in [0, 0.1) is 17.8 Å².